The first-order valence-electron chi connectivity index (χ1n) is 10.6. The maximum absolute atomic E-state index is 13.1. The van der Waals surface area contributed by atoms with Gasteiger partial charge in [-0.05, 0) is 67.9 Å². The van der Waals surface area contributed by atoms with Crippen molar-refractivity contribution in [2.75, 3.05) is 26.3 Å². The summed E-state index contributed by atoms with van der Waals surface area (Å²) in [6.45, 7) is 2.77. The van der Waals surface area contributed by atoms with Crippen molar-refractivity contribution in [3.8, 4) is 0 Å². The van der Waals surface area contributed by atoms with Crippen molar-refractivity contribution in [3.05, 3.63) is 23.0 Å². The van der Waals surface area contributed by atoms with E-state index < -0.39 is 0 Å². The summed E-state index contributed by atoms with van der Waals surface area (Å²) >= 11 is 0. The molecule has 0 radical (unpaired) electrons. The van der Waals surface area contributed by atoms with Crippen molar-refractivity contribution < 1.29 is 9.53 Å². The van der Waals surface area contributed by atoms with E-state index in [2.05, 4.69) is 16.8 Å². The molecule has 1 amide bonds. The number of ether oxygens (including phenoxy) is 1. The van der Waals surface area contributed by atoms with Gasteiger partial charge in [0.05, 0.1) is 18.9 Å². The summed E-state index contributed by atoms with van der Waals surface area (Å²) in [4.78, 5) is 15.1. The smallest absolute Gasteiger partial charge is 0.249 e. The van der Waals surface area contributed by atoms with Crippen LogP contribution in [0, 0.1) is 11.8 Å². The second-order valence-electron chi connectivity index (χ2n) is 8.73. The van der Waals surface area contributed by atoms with Crippen LogP contribution in [0.2, 0.25) is 0 Å². The highest BCUT2D eigenvalue weighted by molar-refractivity contribution is 5.86. The van der Waals surface area contributed by atoms with Gasteiger partial charge in [-0.3, -0.25) is 4.79 Å². The van der Waals surface area contributed by atoms with Crippen molar-refractivity contribution >= 4 is 5.91 Å². The van der Waals surface area contributed by atoms with Gasteiger partial charge in [0, 0.05) is 25.3 Å². The Kier molecular flexibility index (Phi) is 4.43. The number of carbonyl (C=O) groups is 1. The first kappa shape index (κ1) is 16.7. The fourth-order valence-corrected chi connectivity index (χ4v) is 5.85. The van der Waals surface area contributed by atoms with Gasteiger partial charge in [0.2, 0.25) is 5.91 Å². The molecule has 2 aliphatic heterocycles. The molecule has 2 bridgehead atoms. The molecule has 1 saturated heterocycles. The molecule has 0 aromatic carbocycles. The van der Waals surface area contributed by atoms with Gasteiger partial charge in [-0.2, -0.15) is 0 Å². The third-order valence-electron chi connectivity index (χ3n) is 7.23. The Bertz CT molecular complexity index is 635. The van der Waals surface area contributed by atoms with Crippen LogP contribution in [-0.2, 0) is 9.53 Å². The molecule has 0 aromatic rings. The fourth-order valence-electron chi connectivity index (χ4n) is 5.85. The lowest BCUT2D eigenvalue weighted by Gasteiger charge is -2.37. The van der Waals surface area contributed by atoms with E-state index in [9.17, 15) is 4.79 Å². The fraction of sp³-hybridized carbons (Fsp3) is 0.762. The summed E-state index contributed by atoms with van der Waals surface area (Å²) < 4.78 is 5.41. The highest BCUT2D eigenvalue weighted by Gasteiger charge is 2.41. The molecule has 1 unspecified atom stereocenters. The van der Waals surface area contributed by atoms with Crippen LogP contribution in [0.5, 0.6) is 0 Å². The standard InChI is InChI=1S/C21H31N3O2/c25-21(24-7-9-26-10-8-24)20-17-4-2-1-3-16(17)19(13-22-20)23-18-12-14-5-6-15(18)11-14/h13-15,18,20,22-23H,1-12H2/t14-,15+,18+,20?/m0/s1. The molecule has 5 nitrogen and oxygen atoms in total. The lowest BCUT2D eigenvalue weighted by atomic mass is 9.83. The summed E-state index contributed by atoms with van der Waals surface area (Å²) in [5, 5.41) is 7.35. The van der Waals surface area contributed by atoms with Crippen LogP contribution in [0.4, 0.5) is 0 Å². The molecular formula is C21H31N3O2. The maximum atomic E-state index is 13.1. The normalized spacial score (nSPS) is 36.5. The largest absolute Gasteiger partial charge is 0.381 e. The highest BCUT2D eigenvalue weighted by atomic mass is 16.5. The average molecular weight is 357 g/mol. The van der Waals surface area contributed by atoms with Crippen molar-refractivity contribution in [2.45, 2.75) is 63.5 Å². The Morgan fingerprint density at radius 1 is 1.15 bits per heavy atom. The number of dihydropyridines is 1. The summed E-state index contributed by atoms with van der Waals surface area (Å²) in [6, 6.07) is 0.484. The molecule has 5 aliphatic rings. The number of allylic oxidation sites excluding steroid dienone is 1. The summed E-state index contributed by atoms with van der Waals surface area (Å²) in [5.74, 6) is 2.05. The van der Waals surface area contributed by atoms with Crippen LogP contribution in [-0.4, -0.2) is 49.2 Å². The first-order valence-corrected chi connectivity index (χ1v) is 10.6. The molecule has 0 aromatic heterocycles. The van der Waals surface area contributed by atoms with E-state index >= 15 is 0 Å². The van der Waals surface area contributed by atoms with Gasteiger partial charge in [-0.15, -0.1) is 0 Å². The Morgan fingerprint density at radius 2 is 2.00 bits per heavy atom. The predicted molar refractivity (Wildman–Crippen MR) is 100 cm³/mol. The molecule has 3 fully saturated rings. The Morgan fingerprint density at radius 3 is 2.77 bits per heavy atom. The van der Waals surface area contributed by atoms with Crippen LogP contribution in [0.3, 0.4) is 0 Å². The van der Waals surface area contributed by atoms with Gasteiger partial charge < -0.3 is 20.3 Å². The lowest BCUT2D eigenvalue weighted by Crippen LogP contribution is -2.52. The zero-order chi connectivity index (χ0) is 17.5. The summed E-state index contributed by atoms with van der Waals surface area (Å²) in [6.07, 6.45) is 12.3. The van der Waals surface area contributed by atoms with Crippen molar-refractivity contribution in [2.24, 2.45) is 11.8 Å². The van der Waals surface area contributed by atoms with E-state index in [4.69, 9.17) is 4.74 Å². The maximum Gasteiger partial charge on any atom is 0.249 e. The molecule has 5 heteroatoms. The minimum Gasteiger partial charge on any atom is -0.381 e. The third-order valence-corrected chi connectivity index (χ3v) is 7.23. The molecule has 5 rings (SSSR count). The topological polar surface area (TPSA) is 53.6 Å². The molecule has 2 saturated carbocycles. The van der Waals surface area contributed by atoms with Crippen molar-refractivity contribution in [1.29, 1.82) is 0 Å². The number of nitrogens with one attached hydrogen (secondary N) is 2. The quantitative estimate of drug-likeness (QED) is 0.814. The number of rotatable bonds is 3. The van der Waals surface area contributed by atoms with Crippen molar-refractivity contribution in [1.82, 2.24) is 15.5 Å². The Labute approximate surface area is 156 Å². The molecule has 3 aliphatic carbocycles. The van der Waals surface area contributed by atoms with Crippen LogP contribution in [0.25, 0.3) is 0 Å². The first-order chi connectivity index (χ1) is 12.8. The van der Waals surface area contributed by atoms with Crippen LogP contribution in [0.1, 0.15) is 51.4 Å². The Balaban J connectivity index is 1.34. The van der Waals surface area contributed by atoms with Crippen molar-refractivity contribution in [3.63, 3.8) is 0 Å². The molecule has 142 valence electrons. The average Bonchev–Trinajstić information content (AvgIpc) is 3.32. The summed E-state index contributed by atoms with van der Waals surface area (Å²) in [7, 11) is 0. The Hall–Kier alpha value is -1.49. The predicted octanol–water partition coefficient (Wildman–Crippen LogP) is 2.31. The molecule has 0 spiro atoms. The zero-order valence-electron chi connectivity index (χ0n) is 15.6. The van der Waals surface area contributed by atoms with Gasteiger partial charge in [0.15, 0.2) is 0 Å². The third kappa shape index (κ3) is 2.94. The number of nitrogens with zero attached hydrogens (tertiary/aromatic N) is 1. The monoisotopic (exact) mass is 357 g/mol. The number of carbonyl (C=O) groups excluding carboxylic acids is 1. The highest BCUT2D eigenvalue weighted by Crippen LogP contribution is 2.45. The van der Waals surface area contributed by atoms with E-state index in [0.29, 0.717) is 19.3 Å². The molecule has 2 heterocycles. The number of hydrogen-bond acceptors (Lipinski definition) is 4. The number of fused-ring (bicyclic) bond motifs is 2. The van der Waals surface area contributed by atoms with Crippen LogP contribution >= 0.6 is 0 Å². The van der Waals surface area contributed by atoms with E-state index in [-0.39, 0.29) is 11.9 Å². The van der Waals surface area contributed by atoms with Crippen LogP contribution < -0.4 is 10.6 Å². The molecule has 4 atom stereocenters. The van der Waals surface area contributed by atoms with Gasteiger partial charge in [-0.25, -0.2) is 0 Å². The minimum atomic E-state index is -0.158. The minimum absolute atomic E-state index is 0.158. The SMILES string of the molecule is O=C(C1NC=C(N[C@@H]2C[C@H]3CC[C@@H]2C3)C2=C1CCCC2)N1CCOCC1. The molecular weight excluding hydrogens is 326 g/mol. The van der Waals surface area contributed by atoms with E-state index in [1.165, 1.54) is 55.4 Å². The summed E-state index contributed by atoms with van der Waals surface area (Å²) in [5.41, 5.74) is 4.06. The number of amides is 1. The van der Waals surface area contributed by atoms with Crippen LogP contribution in [0.15, 0.2) is 23.0 Å². The van der Waals surface area contributed by atoms with Gasteiger partial charge in [0.25, 0.3) is 0 Å². The number of hydrogen-bond donors (Lipinski definition) is 2. The number of morpholine rings is 1. The lowest BCUT2D eigenvalue weighted by molar-refractivity contribution is -0.136. The van der Waals surface area contributed by atoms with E-state index in [1.807, 2.05) is 4.90 Å². The van der Waals surface area contributed by atoms with Gasteiger partial charge in [-0.1, -0.05) is 6.42 Å². The molecule has 26 heavy (non-hydrogen) atoms. The second kappa shape index (κ2) is 6.91. The van der Waals surface area contributed by atoms with E-state index in [1.54, 1.807) is 0 Å². The van der Waals surface area contributed by atoms with Gasteiger partial charge in [0.1, 0.15) is 6.04 Å². The second-order valence-corrected chi connectivity index (χ2v) is 8.73. The van der Waals surface area contributed by atoms with Gasteiger partial charge >= 0.3 is 0 Å². The molecule has 2 N–H and O–H groups in total. The van der Waals surface area contributed by atoms with E-state index in [0.717, 1.165) is 37.8 Å². The zero-order valence-corrected chi connectivity index (χ0v) is 15.6.